The van der Waals surface area contributed by atoms with Crippen molar-refractivity contribution in [1.29, 1.82) is 0 Å². The molecule has 2 unspecified atom stereocenters. The highest BCUT2D eigenvalue weighted by Gasteiger charge is 2.46. The van der Waals surface area contributed by atoms with Crippen molar-refractivity contribution in [2.45, 2.75) is 45.4 Å². The normalized spacial score (nSPS) is 18.3. The molecule has 0 spiro atoms. The van der Waals surface area contributed by atoms with E-state index >= 15 is 0 Å². The molecule has 8 rings (SSSR count). The number of fused-ring (bicyclic) bond motifs is 2. The number of halogens is 1. The Kier molecular flexibility index (Phi) is 8.36. The van der Waals surface area contributed by atoms with Crippen LogP contribution in [0.25, 0.3) is 10.9 Å². The molecule has 6 nitrogen and oxygen atoms in total. The van der Waals surface area contributed by atoms with Crippen LogP contribution in [-0.2, 0) is 18.6 Å². The highest BCUT2D eigenvalue weighted by atomic mass is 79.9. The van der Waals surface area contributed by atoms with Gasteiger partial charge >= 0.3 is 6.03 Å². The summed E-state index contributed by atoms with van der Waals surface area (Å²) < 4.78 is 2.91. The molecule has 7 heteroatoms. The highest BCUT2D eigenvalue weighted by Crippen LogP contribution is 2.45. The largest absolute Gasteiger partial charge is 0.322 e. The molecule has 2 atom stereocenters. The summed E-state index contributed by atoms with van der Waals surface area (Å²) in [5.74, 6) is 0.333. The van der Waals surface area contributed by atoms with Crippen molar-refractivity contribution in [1.82, 2.24) is 19.6 Å². The third-order valence-electron chi connectivity index (χ3n) is 10.7. The van der Waals surface area contributed by atoms with Crippen LogP contribution in [0.1, 0.15) is 48.6 Å². The molecule has 0 bridgehead atoms. The van der Waals surface area contributed by atoms with Gasteiger partial charge in [-0.2, -0.15) is 5.10 Å². The number of nitrogens with zero attached hydrogens (tertiary/aromatic N) is 4. The average Bonchev–Trinajstić information content (AvgIpc) is 3.70. The second kappa shape index (κ2) is 12.9. The van der Waals surface area contributed by atoms with E-state index in [1.54, 1.807) is 0 Å². The van der Waals surface area contributed by atoms with Gasteiger partial charge in [0.25, 0.3) is 0 Å². The molecule has 2 amide bonds. The third-order valence-corrected chi connectivity index (χ3v) is 11.3. The number of anilines is 1. The molecule has 50 heavy (non-hydrogen) atoms. The van der Waals surface area contributed by atoms with Gasteiger partial charge in [0.1, 0.15) is 10.1 Å². The summed E-state index contributed by atoms with van der Waals surface area (Å²) in [6, 6.07) is 46.8. The predicted octanol–water partition coefficient (Wildman–Crippen LogP) is 9.53. The molecule has 1 N–H and O–H groups in total. The number of carbonyl (C=O) groups is 1. The fraction of sp³-hybridized carbons (Fsp3) is 0.256. The summed E-state index contributed by atoms with van der Waals surface area (Å²) in [6.45, 7) is 10.1. The summed E-state index contributed by atoms with van der Waals surface area (Å²) in [6.07, 6.45) is 0. The Labute approximate surface area is 302 Å². The molecule has 1 aromatic heterocycles. The lowest BCUT2D eigenvalue weighted by Crippen LogP contribution is -2.51. The zero-order chi connectivity index (χ0) is 34.5. The maximum Gasteiger partial charge on any atom is 0.322 e. The Hall–Kier alpha value is -4.72. The summed E-state index contributed by atoms with van der Waals surface area (Å²) >= 11 is 3.88. The van der Waals surface area contributed by atoms with E-state index in [9.17, 15) is 4.79 Å². The monoisotopic (exact) mass is 723 g/mol. The van der Waals surface area contributed by atoms with E-state index in [0.717, 1.165) is 63.1 Å². The van der Waals surface area contributed by atoms with E-state index < -0.39 is 5.54 Å². The molecule has 2 aliphatic rings. The van der Waals surface area contributed by atoms with E-state index in [4.69, 9.17) is 5.10 Å². The third kappa shape index (κ3) is 5.62. The lowest BCUT2D eigenvalue weighted by Gasteiger charge is -2.40. The number of benzene rings is 5. The minimum atomic E-state index is -0.779. The van der Waals surface area contributed by atoms with Gasteiger partial charge in [0, 0.05) is 37.3 Å². The first-order valence-electron chi connectivity index (χ1n) is 17.5. The quantitative estimate of drug-likeness (QED) is 0.167. The summed E-state index contributed by atoms with van der Waals surface area (Å²) in [4.78, 5) is 18.7. The smallest absolute Gasteiger partial charge is 0.316 e. The zero-order valence-corrected chi connectivity index (χ0v) is 30.3. The van der Waals surface area contributed by atoms with Crippen molar-refractivity contribution in [3.05, 3.63) is 166 Å². The first-order valence-corrected chi connectivity index (χ1v) is 18.2. The Morgan fingerprint density at radius 1 is 0.760 bits per heavy atom. The van der Waals surface area contributed by atoms with Crippen LogP contribution in [0.15, 0.2) is 138 Å². The molecule has 252 valence electrons. The van der Waals surface area contributed by atoms with Gasteiger partial charge in [-0.3, -0.25) is 4.90 Å². The number of amides is 2. The minimum Gasteiger partial charge on any atom is -0.316 e. The van der Waals surface area contributed by atoms with Crippen molar-refractivity contribution >= 4 is 38.6 Å². The molecular formula is C43H42BrN5O. The number of aromatic nitrogens is 2. The minimum absolute atomic E-state index is 0.0387. The van der Waals surface area contributed by atoms with Crippen molar-refractivity contribution < 1.29 is 4.79 Å². The lowest BCUT2D eigenvalue weighted by molar-refractivity contribution is 0.124. The van der Waals surface area contributed by atoms with E-state index in [1.165, 1.54) is 5.56 Å². The average molecular weight is 725 g/mol. The fourth-order valence-electron chi connectivity index (χ4n) is 8.29. The molecule has 1 saturated heterocycles. The summed E-state index contributed by atoms with van der Waals surface area (Å²) in [5.41, 5.74) is 6.71. The second-order valence-corrected chi connectivity index (χ2v) is 15.6. The van der Waals surface area contributed by atoms with Gasteiger partial charge in [-0.1, -0.05) is 142 Å². The molecule has 0 radical (unpaired) electrons. The van der Waals surface area contributed by atoms with E-state index in [-0.39, 0.29) is 17.5 Å². The van der Waals surface area contributed by atoms with Crippen molar-refractivity contribution in [3.63, 3.8) is 0 Å². The number of nitrogens with one attached hydrogen (secondary N) is 1. The Balaban J connectivity index is 1.23. The van der Waals surface area contributed by atoms with Gasteiger partial charge in [-0.05, 0) is 67.2 Å². The SMILES string of the molecule is CC(C)(C)C1CN(Cc2ccccc2)CC1N1Cc2cc3c(Br)nn(C(c4ccccc4)(c4ccccc4)c4ccccc4)c3cc2NC1=O. The van der Waals surface area contributed by atoms with Crippen LogP contribution in [0.2, 0.25) is 0 Å². The zero-order valence-electron chi connectivity index (χ0n) is 28.8. The summed E-state index contributed by atoms with van der Waals surface area (Å²) in [7, 11) is 0. The Bertz CT molecular complexity index is 2030. The highest BCUT2D eigenvalue weighted by molar-refractivity contribution is 9.10. The number of carbonyl (C=O) groups excluding carboxylic acids is 1. The van der Waals surface area contributed by atoms with Crippen LogP contribution in [-0.4, -0.2) is 44.7 Å². The van der Waals surface area contributed by atoms with Gasteiger partial charge in [-0.25, -0.2) is 9.48 Å². The van der Waals surface area contributed by atoms with Crippen molar-refractivity contribution in [3.8, 4) is 0 Å². The Morgan fingerprint density at radius 3 is 1.84 bits per heavy atom. The fourth-order valence-corrected chi connectivity index (χ4v) is 8.77. The summed E-state index contributed by atoms with van der Waals surface area (Å²) in [5, 5.41) is 9.62. The van der Waals surface area contributed by atoms with Gasteiger partial charge in [0.2, 0.25) is 0 Å². The topological polar surface area (TPSA) is 53.4 Å². The number of hydrogen-bond acceptors (Lipinski definition) is 3. The maximum atomic E-state index is 14.1. The van der Waals surface area contributed by atoms with Crippen LogP contribution in [0.3, 0.4) is 0 Å². The first kappa shape index (κ1) is 32.5. The second-order valence-electron chi connectivity index (χ2n) is 14.8. The van der Waals surface area contributed by atoms with Crippen LogP contribution in [0.4, 0.5) is 10.5 Å². The van der Waals surface area contributed by atoms with Gasteiger partial charge in [0.05, 0.1) is 11.6 Å². The van der Waals surface area contributed by atoms with Crippen LogP contribution >= 0.6 is 15.9 Å². The van der Waals surface area contributed by atoms with Crippen molar-refractivity contribution in [2.75, 3.05) is 18.4 Å². The van der Waals surface area contributed by atoms with Crippen LogP contribution < -0.4 is 5.32 Å². The standard InChI is InChI=1S/C43H42BrN5O/c1-42(2,3)36-28-47(26-30-16-8-4-9-17-30)29-39(36)48-27-31-24-35-38(25-37(31)45-41(48)50)49(46-40(35)44)43(32-18-10-5-11-19-32,33-20-12-6-13-21-33)34-22-14-7-15-23-34/h4-25,36,39H,26-29H2,1-3H3,(H,45,50). The van der Waals surface area contributed by atoms with Crippen molar-refractivity contribution in [2.24, 2.45) is 11.3 Å². The molecule has 2 aliphatic heterocycles. The number of hydrogen-bond donors (Lipinski definition) is 1. The maximum absolute atomic E-state index is 14.1. The molecule has 6 aromatic rings. The Morgan fingerprint density at radius 2 is 1.30 bits per heavy atom. The molecule has 0 saturated carbocycles. The number of urea groups is 1. The van der Waals surface area contributed by atoms with Gasteiger partial charge in [-0.15, -0.1) is 0 Å². The molecular weight excluding hydrogens is 682 g/mol. The number of rotatable bonds is 7. The first-order chi connectivity index (χ1) is 24.2. The molecule has 1 fully saturated rings. The van der Waals surface area contributed by atoms with E-state index in [0.29, 0.717) is 12.5 Å². The predicted molar refractivity (Wildman–Crippen MR) is 205 cm³/mol. The van der Waals surface area contributed by atoms with E-state index in [1.807, 2.05) is 0 Å². The lowest BCUT2D eigenvalue weighted by atomic mass is 9.77. The molecule has 3 heterocycles. The van der Waals surface area contributed by atoms with Crippen LogP contribution in [0, 0.1) is 11.3 Å². The van der Waals surface area contributed by atoms with E-state index in [2.05, 4.69) is 190 Å². The van der Waals surface area contributed by atoms with Gasteiger partial charge < -0.3 is 10.2 Å². The van der Waals surface area contributed by atoms with Gasteiger partial charge in [0.15, 0.2) is 0 Å². The molecule has 5 aromatic carbocycles. The molecule has 0 aliphatic carbocycles. The number of likely N-dealkylation sites (tertiary alicyclic amines) is 1. The van der Waals surface area contributed by atoms with Crippen LogP contribution in [0.5, 0.6) is 0 Å².